The van der Waals surface area contributed by atoms with Crippen molar-refractivity contribution < 1.29 is 9.21 Å². The van der Waals surface area contributed by atoms with Crippen LogP contribution in [0.1, 0.15) is 31.3 Å². The van der Waals surface area contributed by atoms with Gasteiger partial charge in [-0.3, -0.25) is 19.1 Å². The van der Waals surface area contributed by atoms with Crippen LogP contribution in [-0.4, -0.2) is 22.5 Å². The summed E-state index contributed by atoms with van der Waals surface area (Å²) in [6.45, 7) is 4.14. The van der Waals surface area contributed by atoms with Crippen molar-refractivity contribution in [2.24, 2.45) is 0 Å². The van der Waals surface area contributed by atoms with Gasteiger partial charge in [-0.2, -0.15) is 0 Å². The van der Waals surface area contributed by atoms with Crippen LogP contribution in [0.25, 0.3) is 6.08 Å². The third-order valence-electron chi connectivity index (χ3n) is 3.77. The SMILES string of the molecule is CCCCn1c(N)c(N(C)C(=O)/C=C/c2ccc(C)o2)c(=O)[nH]c1=O. The summed E-state index contributed by atoms with van der Waals surface area (Å²) in [7, 11) is 1.43. The summed E-state index contributed by atoms with van der Waals surface area (Å²) in [5, 5.41) is 0. The van der Waals surface area contributed by atoms with Crippen LogP contribution in [0.2, 0.25) is 0 Å². The highest BCUT2D eigenvalue weighted by atomic mass is 16.3. The second kappa shape index (κ2) is 7.69. The molecule has 2 aromatic heterocycles. The number of furan rings is 1. The zero-order valence-corrected chi connectivity index (χ0v) is 14.5. The van der Waals surface area contributed by atoms with E-state index in [2.05, 4.69) is 4.98 Å². The summed E-state index contributed by atoms with van der Waals surface area (Å²) >= 11 is 0. The zero-order chi connectivity index (χ0) is 18.6. The Balaban J connectivity index is 2.33. The van der Waals surface area contributed by atoms with Crippen molar-refractivity contribution in [1.82, 2.24) is 9.55 Å². The number of unbranched alkanes of at least 4 members (excludes halogenated alkanes) is 1. The minimum atomic E-state index is -0.701. The molecule has 1 amide bonds. The largest absolute Gasteiger partial charge is 0.462 e. The molecule has 2 aromatic rings. The Morgan fingerprint density at radius 3 is 2.72 bits per heavy atom. The Morgan fingerprint density at radius 2 is 2.12 bits per heavy atom. The molecule has 0 aliphatic rings. The molecular weight excluding hydrogens is 324 g/mol. The Bertz CT molecular complexity index is 904. The number of likely N-dealkylation sites (N-methyl/N-ethyl adjacent to an activating group) is 1. The number of nitrogen functional groups attached to an aromatic ring is 1. The predicted octanol–water partition coefficient (Wildman–Crippen LogP) is 1.50. The number of amides is 1. The highest BCUT2D eigenvalue weighted by molar-refractivity contribution is 6.04. The molecule has 0 bridgehead atoms. The number of aromatic nitrogens is 2. The molecule has 0 aliphatic heterocycles. The van der Waals surface area contributed by atoms with Crippen molar-refractivity contribution in [3.63, 3.8) is 0 Å². The molecular formula is C17H22N4O4. The molecule has 0 saturated heterocycles. The van der Waals surface area contributed by atoms with Crippen molar-refractivity contribution >= 4 is 23.5 Å². The maximum atomic E-state index is 12.3. The first-order valence-electron chi connectivity index (χ1n) is 8.00. The Hall–Kier alpha value is -3.03. The van der Waals surface area contributed by atoms with Crippen molar-refractivity contribution in [3.05, 3.63) is 50.6 Å². The van der Waals surface area contributed by atoms with Gasteiger partial charge < -0.3 is 15.1 Å². The number of rotatable bonds is 6. The Labute approximate surface area is 144 Å². The number of hydrogen-bond acceptors (Lipinski definition) is 5. The van der Waals surface area contributed by atoms with Crippen molar-refractivity contribution in [2.45, 2.75) is 33.2 Å². The maximum absolute atomic E-state index is 12.3. The Morgan fingerprint density at radius 1 is 1.40 bits per heavy atom. The number of anilines is 2. The fraction of sp³-hybridized carbons (Fsp3) is 0.353. The molecule has 134 valence electrons. The fourth-order valence-electron chi connectivity index (χ4n) is 2.36. The van der Waals surface area contributed by atoms with E-state index in [-0.39, 0.29) is 11.5 Å². The fourth-order valence-corrected chi connectivity index (χ4v) is 2.36. The van der Waals surface area contributed by atoms with Crippen molar-refractivity contribution in [3.8, 4) is 0 Å². The van der Waals surface area contributed by atoms with E-state index in [1.54, 1.807) is 19.1 Å². The van der Waals surface area contributed by atoms with E-state index in [4.69, 9.17) is 10.2 Å². The number of nitrogens with zero attached hydrogens (tertiary/aromatic N) is 2. The van der Waals surface area contributed by atoms with E-state index in [0.29, 0.717) is 12.3 Å². The molecule has 0 radical (unpaired) electrons. The lowest BCUT2D eigenvalue weighted by atomic mass is 10.3. The summed E-state index contributed by atoms with van der Waals surface area (Å²) in [6.07, 6.45) is 4.37. The third-order valence-corrected chi connectivity index (χ3v) is 3.77. The van der Waals surface area contributed by atoms with Gasteiger partial charge in [0.1, 0.15) is 17.3 Å². The zero-order valence-electron chi connectivity index (χ0n) is 14.5. The topological polar surface area (TPSA) is 114 Å². The smallest absolute Gasteiger partial charge is 0.330 e. The van der Waals surface area contributed by atoms with Crippen LogP contribution >= 0.6 is 0 Å². The van der Waals surface area contributed by atoms with Crippen molar-refractivity contribution in [1.29, 1.82) is 0 Å². The molecule has 0 aliphatic carbocycles. The number of carbonyl (C=O) groups is 1. The van der Waals surface area contributed by atoms with Gasteiger partial charge in [0.2, 0.25) is 0 Å². The monoisotopic (exact) mass is 346 g/mol. The molecule has 0 aromatic carbocycles. The average Bonchev–Trinajstić information content (AvgIpc) is 2.97. The number of carbonyl (C=O) groups excluding carboxylic acids is 1. The Kier molecular flexibility index (Phi) is 5.63. The van der Waals surface area contributed by atoms with Crippen LogP contribution < -0.4 is 21.9 Å². The van der Waals surface area contributed by atoms with Gasteiger partial charge in [0.05, 0.1) is 0 Å². The van der Waals surface area contributed by atoms with Crippen LogP contribution in [-0.2, 0) is 11.3 Å². The van der Waals surface area contributed by atoms with Crippen molar-refractivity contribution in [2.75, 3.05) is 17.7 Å². The second-order valence-corrected chi connectivity index (χ2v) is 5.68. The third kappa shape index (κ3) is 4.09. The molecule has 3 N–H and O–H groups in total. The number of nitrogens with one attached hydrogen (secondary N) is 1. The first kappa shape index (κ1) is 18.3. The first-order chi connectivity index (χ1) is 11.8. The van der Waals surface area contributed by atoms with E-state index in [0.717, 1.165) is 23.5 Å². The molecule has 0 fully saturated rings. The minimum absolute atomic E-state index is 0.0275. The molecule has 8 nitrogen and oxygen atoms in total. The lowest BCUT2D eigenvalue weighted by Crippen LogP contribution is -2.38. The summed E-state index contributed by atoms with van der Waals surface area (Å²) in [5.41, 5.74) is 4.64. The van der Waals surface area contributed by atoms with Crippen LogP contribution in [0.15, 0.2) is 32.2 Å². The van der Waals surface area contributed by atoms with Crippen LogP contribution in [0.4, 0.5) is 11.5 Å². The summed E-state index contributed by atoms with van der Waals surface area (Å²) in [5.74, 6) is 0.755. The highest BCUT2D eigenvalue weighted by Crippen LogP contribution is 2.16. The predicted molar refractivity (Wildman–Crippen MR) is 96.5 cm³/mol. The summed E-state index contributed by atoms with van der Waals surface area (Å²) in [6, 6.07) is 3.51. The van der Waals surface area contributed by atoms with Gasteiger partial charge in [-0.05, 0) is 31.6 Å². The van der Waals surface area contributed by atoms with E-state index < -0.39 is 17.2 Å². The van der Waals surface area contributed by atoms with Gasteiger partial charge >= 0.3 is 5.69 Å². The maximum Gasteiger partial charge on any atom is 0.330 e. The first-order valence-corrected chi connectivity index (χ1v) is 8.00. The number of aryl methyl sites for hydroxylation is 1. The number of H-pyrrole nitrogens is 1. The van der Waals surface area contributed by atoms with Crippen LogP contribution in [0.5, 0.6) is 0 Å². The molecule has 8 heteroatoms. The quantitative estimate of drug-likeness (QED) is 0.769. The molecule has 2 rings (SSSR count). The van der Waals surface area contributed by atoms with E-state index in [1.165, 1.54) is 23.8 Å². The summed E-state index contributed by atoms with van der Waals surface area (Å²) < 4.78 is 6.62. The number of nitrogens with two attached hydrogens (primary N) is 1. The van der Waals surface area contributed by atoms with E-state index in [1.807, 2.05) is 6.92 Å². The van der Waals surface area contributed by atoms with Gasteiger partial charge in [0.15, 0.2) is 5.69 Å². The van der Waals surface area contributed by atoms with Crippen LogP contribution in [0, 0.1) is 6.92 Å². The average molecular weight is 346 g/mol. The molecule has 25 heavy (non-hydrogen) atoms. The van der Waals surface area contributed by atoms with Gasteiger partial charge in [-0.15, -0.1) is 0 Å². The second-order valence-electron chi connectivity index (χ2n) is 5.68. The van der Waals surface area contributed by atoms with Gasteiger partial charge in [-0.25, -0.2) is 4.79 Å². The van der Waals surface area contributed by atoms with Gasteiger partial charge in [0, 0.05) is 19.7 Å². The molecule has 0 unspecified atom stereocenters. The number of hydrogen-bond donors (Lipinski definition) is 2. The molecule has 0 spiro atoms. The minimum Gasteiger partial charge on any atom is -0.462 e. The lowest BCUT2D eigenvalue weighted by Gasteiger charge is -2.19. The normalized spacial score (nSPS) is 11.2. The number of aromatic amines is 1. The van der Waals surface area contributed by atoms with Gasteiger partial charge in [0.25, 0.3) is 11.5 Å². The van der Waals surface area contributed by atoms with Gasteiger partial charge in [-0.1, -0.05) is 13.3 Å². The highest BCUT2D eigenvalue weighted by Gasteiger charge is 2.19. The standard InChI is InChI=1S/C17H22N4O4/c1-4-5-10-21-15(18)14(16(23)19-17(21)24)20(3)13(22)9-8-12-7-6-11(2)25-12/h6-9H,4-5,10,18H2,1-3H3,(H,19,23,24)/b9-8+. The molecule has 2 heterocycles. The lowest BCUT2D eigenvalue weighted by molar-refractivity contribution is -0.113. The van der Waals surface area contributed by atoms with Crippen LogP contribution in [0.3, 0.4) is 0 Å². The van der Waals surface area contributed by atoms with E-state index in [9.17, 15) is 14.4 Å². The summed E-state index contributed by atoms with van der Waals surface area (Å²) in [4.78, 5) is 39.7. The molecule has 0 saturated carbocycles. The molecule has 0 atom stereocenters. The van der Waals surface area contributed by atoms with E-state index >= 15 is 0 Å².